The number of hydrogen-bond acceptors (Lipinski definition) is 3. The minimum atomic E-state index is -0.244. The molecule has 1 unspecified atom stereocenters. The van der Waals surface area contributed by atoms with Gasteiger partial charge in [0, 0.05) is 29.6 Å². The lowest BCUT2D eigenvalue weighted by Gasteiger charge is -2.15. The summed E-state index contributed by atoms with van der Waals surface area (Å²) in [4.78, 5) is 17.5. The van der Waals surface area contributed by atoms with Gasteiger partial charge in [0.25, 0.3) is 0 Å². The monoisotopic (exact) mass is 331 g/mol. The van der Waals surface area contributed by atoms with E-state index in [4.69, 9.17) is 5.73 Å². The quantitative estimate of drug-likeness (QED) is 0.919. The van der Waals surface area contributed by atoms with Gasteiger partial charge in [-0.05, 0) is 44.8 Å². The van der Waals surface area contributed by atoms with Crippen molar-refractivity contribution in [3.8, 4) is 0 Å². The Morgan fingerprint density at radius 3 is 2.85 bits per heavy atom. The molecule has 5 heteroatoms. The van der Waals surface area contributed by atoms with E-state index in [2.05, 4.69) is 20.9 Å². The normalized spacial score (nSPS) is 15.3. The van der Waals surface area contributed by atoms with Crippen LogP contribution in [0.5, 0.6) is 0 Å². The summed E-state index contributed by atoms with van der Waals surface area (Å²) in [5.74, 6) is 0.120. The highest BCUT2D eigenvalue weighted by Crippen LogP contribution is 2.31. The lowest BCUT2D eigenvalue weighted by molar-refractivity contribution is -0.117. The third-order valence-corrected chi connectivity index (χ3v) is 4.06. The molecule has 0 fully saturated rings. The number of carbonyl (C=O) groups is 1. The minimum absolute atomic E-state index is 0.120. The third-order valence-electron chi connectivity index (χ3n) is 3.62. The zero-order valence-corrected chi connectivity index (χ0v) is 12.6. The van der Waals surface area contributed by atoms with Crippen LogP contribution in [0.15, 0.2) is 41.1 Å². The van der Waals surface area contributed by atoms with Crippen LogP contribution in [0.3, 0.4) is 0 Å². The zero-order valence-electron chi connectivity index (χ0n) is 11.0. The molecule has 0 saturated heterocycles. The van der Waals surface area contributed by atoms with Crippen molar-refractivity contribution in [3.05, 3.63) is 57.8 Å². The topological polar surface area (TPSA) is 59.2 Å². The molecule has 20 heavy (non-hydrogen) atoms. The Hall–Kier alpha value is -1.72. The van der Waals surface area contributed by atoms with Crippen LogP contribution >= 0.6 is 15.9 Å². The van der Waals surface area contributed by atoms with Crippen LogP contribution < -0.4 is 10.6 Å². The second-order valence-corrected chi connectivity index (χ2v) is 5.85. The minimum Gasteiger partial charge on any atom is -0.320 e. The Morgan fingerprint density at radius 2 is 2.10 bits per heavy atom. The first-order chi connectivity index (χ1) is 9.56. The lowest BCUT2D eigenvalue weighted by Crippen LogP contribution is -2.20. The van der Waals surface area contributed by atoms with E-state index in [1.54, 1.807) is 24.3 Å². The van der Waals surface area contributed by atoms with Crippen LogP contribution in [-0.2, 0) is 11.2 Å². The fourth-order valence-electron chi connectivity index (χ4n) is 2.47. The molecule has 0 saturated carbocycles. The second-order valence-electron chi connectivity index (χ2n) is 4.93. The van der Waals surface area contributed by atoms with E-state index in [9.17, 15) is 4.79 Å². The summed E-state index contributed by atoms with van der Waals surface area (Å²) in [5, 5.41) is 0. The maximum Gasteiger partial charge on any atom is 0.231 e. The van der Waals surface area contributed by atoms with Gasteiger partial charge in [-0.1, -0.05) is 12.1 Å². The summed E-state index contributed by atoms with van der Waals surface area (Å²) in [6.07, 6.45) is 3.94. The number of likely N-dealkylation sites (N-methyl/N-ethyl adjacent to an activating group) is 1. The smallest absolute Gasteiger partial charge is 0.231 e. The molecule has 2 heterocycles. The summed E-state index contributed by atoms with van der Waals surface area (Å²) in [5.41, 5.74) is 10.2. The van der Waals surface area contributed by atoms with Crippen molar-refractivity contribution in [1.82, 2.24) is 4.98 Å². The molecule has 1 aliphatic heterocycles. The molecule has 2 aromatic rings. The Morgan fingerprint density at radius 1 is 1.30 bits per heavy atom. The Balaban J connectivity index is 1.96. The molecule has 1 aliphatic rings. The van der Waals surface area contributed by atoms with Crippen molar-refractivity contribution in [1.29, 1.82) is 0 Å². The summed E-state index contributed by atoms with van der Waals surface area (Å²) in [7, 11) is 1.80. The number of benzene rings is 1. The molecule has 1 aromatic carbocycles. The van der Waals surface area contributed by atoms with Crippen molar-refractivity contribution in [2.75, 3.05) is 11.9 Å². The van der Waals surface area contributed by atoms with Crippen LogP contribution in [0.4, 0.5) is 5.69 Å². The highest BCUT2D eigenvalue weighted by atomic mass is 79.9. The van der Waals surface area contributed by atoms with E-state index in [-0.39, 0.29) is 11.9 Å². The third kappa shape index (κ3) is 2.23. The number of carbonyl (C=O) groups excluding carboxylic acids is 1. The van der Waals surface area contributed by atoms with Gasteiger partial charge in [-0.2, -0.15) is 0 Å². The van der Waals surface area contributed by atoms with Gasteiger partial charge in [0.2, 0.25) is 5.91 Å². The van der Waals surface area contributed by atoms with Gasteiger partial charge in [0.15, 0.2) is 0 Å². The van der Waals surface area contributed by atoms with Gasteiger partial charge in [0.1, 0.15) is 0 Å². The first-order valence-corrected chi connectivity index (χ1v) is 7.11. The SMILES string of the molecule is CN1C(=O)Cc2cc(C(N)c3cncc(Br)c3)ccc21. The van der Waals surface area contributed by atoms with Gasteiger partial charge in [-0.15, -0.1) is 0 Å². The predicted octanol–water partition coefficient (Wildman–Crippen LogP) is 2.41. The number of rotatable bonds is 2. The van der Waals surface area contributed by atoms with Crippen LogP contribution in [-0.4, -0.2) is 17.9 Å². The number of anilines is 1. The maximum absolute atomic E-state index is 11.7. The van der Waals surface area contributed by atoms with Crippen LogP contribution in [0.2, 0.25) is 0 Å². The van der Waals surface area contributed by atoms with Crippen LogP contribution in [0.1, 0.15) is 22.7 Å². The molecule has 0 aliphatic carbocycles. The molecule has 1 amide bonds. The first kappa shape index (κ1) is 13.3. The number of halogens is 1. The fourth-order valence-corrected chi connectivity index (χ4v) is 2.86. The molecule has 0 bridgehead atoms. The van der Waals surface area contributed by atoms with E-state index < -0.39 is 0 Å². The zero-order chi connectivity index (χ0) is 14.3. The van der Waals surface area contributed by atoms with Crippen molar-refractivity contribution in [2.24, 2.45) is 5.73 Å². The average Bonchev–Trinajstić information content (AvgIpc) is 2.73. The maximum atomic E-state index is 11.7. The number of pyridine rings is 1. The summed E-state index contributed by atoms with van der Waals surface area (Å²) in [6.45, 7) is 0. The van der Waals surface area contributed by atoms with Crippen LogP contribution in [0, 0.1) is 0 Å². The Labute approximate surface area is 125 Å². The van der Waals surface area contributed by atoms with Crippen molar-refractivity contribution >= 4 is 27.5 Å². The molecule has 2 N–H and O–H groups in total. The fraction of sp³-hybridized carbons (Fsp3) is 0.200. The molecule has 3 rings (SSSR count). The van der Waals surface area contributed by atoms with E-state index in [1.807, 2.05) is 24.3 Å². The molecular weight excluding hydrogens is 318 g/mol. The van der Waals surface area contributed by atoms with E-state index in [0.717, 1.165) is 26.9 Å². The Bertz CT molecular complexity index is 687. The number of aromatic nitrogens is 1. The molecule has 0 spiro atoms. The van der Waals surface area contributed by atoms with Crippen molar-refractivity contribution in [2.45, 2.75) is 12.5 Å². The summed E-state index contributed by atoms with van der Waals surface area (Å²) < 4.78 is 0.904. The van der Waals surface area contributed by atoms with Gasteiger partial charge in [-0.25, -0.2) is 0 Å². The Kier molecular flexibility index (Phi) is 3.31. The summed E-state index contributed by atoms with van der Waals surface area (Å²) >= 11 is 3.40. The molecule has 1 atom stereocenters. The number of amides is 1. The average molecular weight is 332 g/mol. The van der Waals surface area contributed by atoms with Gasteiger partial charge >= 0.3 is 0 Å². The van der Waals surface area contributed by atoms with E-state index >= 15 is 0 Å². The number of fused-ring (bicyclic) bond motifs is 1. The first-order valence-electron chi connectivity index (χ1n) is 6.31. The number of nitrogens with two attached hydrogens (primary N) is 1. The number of hydrogen-bond donors (Lipinski definition) is 1. The number of nitrogens with zero attached hydrogens (tertiary/aromatic N) is 2. The van der Waals surface area contributed by atoms with Crippen LogP contribution in [0.25, 0.3) is 0 Å². The standard InChI is InChI=1S/C15H14BrN3O/c1-19-13-3-2-9(4-10(13)6-14(19)20)15(17)11-5-12(16)8-18-7-11/h2-5,7-8,15H,6,17H2,1H3. The van der Waals surface area contributed by atoms with Gasteiger partial charge < -0.3 is 10.6 Å². The largest absolute Gasteiger partial charge is 0.320 e. The second kappa shape index (κ2) is 5.00. The highest BCUT2D eigenvalue weighted by Gasteiger charge is 2.24. The summed E-state index contributed by atoms with van der Waals surface area (Å²) in [6, 6.07) is 7.66. The molecule has 102 valence electrons. The highest BCUT2D eigenvalue weighted by molar-refractivity contribution is 9.10. The van der Waals surface area contributed by atoms with Gasteiger partial charge in [0.05, 0.1) is 12.5 Å². The molecule has 1 aromatic heterocycles. The molecule has 0 radical (unpaired) electrons. The molecular formula is C15H14BrN3O. The van der Waals surface area contributed by atoms with E-state index in [0.29, 0.717) is 6.42 Å². The lowest BCUT2D eigenvalue weighted by atomic mass is 9.98. The predicted molar refractivity (Wildman–Crippen MR) is 81.5 cm³/mol. The van der Waals surface area contributed by atoms with Crippen molar-refractivity contribution < 1.29 is 4.79 Å². The van der Waals surface area contributed by atoms with Gasteiger partial charge in [-0.3, -0.25) is 9.78 Å². The van der Waals surface area contributed by atoms with E-state index in [1.165, 1.54) is 0 Å². The van der Waals surface area contributed by atoms with Crippen molar-refractivity contribution in [3.63, 3.8) is 0 Å². The molecule has 4 nitrogen and oxygen atoms in total.